The van der Waals surface area contributed by atoms with Gasteiger partial charge in [0, 0.05) is 6.42 Å². The molecule has 78 valence electrons. The third kappa shape index (κ3) is 2.35. The van der Waals surface area contributed by atoms with Crippen LogP contribution in [0.2, 0.25) is 0 Å². The molecule has 1 unspecified atom stereocenters. The molecule has 0 saturated heterocycles. The van der Waals surface area contributed by atoms with Gasteiger partial charge in [-0.25, -0.2) is 0 Å². The van der Waals surface area contributed by atoms with Crippen molar-refractivity contribution in [2.45, 2.75) is 26.2 Å². The Kier molecular flexibility index (Phi) is 3.00. The minimum Gasteiger partial charge on any atom is -0.295 e. The van der Waals surface area contributed by atoms with E-state index in [1.807, 2.05) is 36.4 Å². The Balaban J connectivity index is 2.28. The first-order chi connectivity index (χ1) is 7.27. The number of benzene rings is 1. The van der Waals surface area contributed by atoms with Gasteiger partial charge in [-0.15, -0.1) is 0 Å². The Hall–Kier alpha value is -1.37. The molecule has 0 aromatic heterocycles. The predicted molar refractivity (Wildman–Crippen MR) is 62.4 cm³/mol. The van der Waals surface area contributed by atoms with Crippen LogP contribution in [0.1, 0.15) is 31.7 Å². The minimum absolute atomic E-state index is 0.331. The molecule has 1 aliphatic rings. The highest BCUT2D eigenvalue weighted by molar-refractivity contribution is 6.00. The van der Waals surface area contributed by atoms with Crippen molar-refractivity contribution in [3.05, 3.63) is 41.5 Å². The lowest BCUT2D eigenvalue weighted by molar-refractivity contribution is -0.116. The molecular weight excluding hydrogens is 184 g/mol. The molecule has 1 nitrogen and oxygen atoms in total. The molecule has 0 aliphatic heterocycles. The van der Waals surface area contributed by atoms with Crippen LogP contribution in [-0.2, 0) is 4.79 Å². The van der Waals surface area contributed by atoms with Gasteiger partial charge in [-0.05, 0) is 36.0 Å². The summed E-state index contributed by atoms with van der Waals surface area (Å²) in [4.78, 5) is 11.7. The molecule has 0 radical (unpaired) electrons. The molecule has 1 aromatic rings. The molecule has 1 atom stereocenters. The average Bonchev–Trinajstić information content (AvgIpc) is 2.25. The summed E-state index contributed by atoms with van der Waals surface area (Å²) in [5.74, 6) is 0.754. The van der Waals surface area contributed by atoms with Gasteiger partial charge < -0.3 is 0 Å². The zero-order valence-electron chi connectivity index (χ0n) is 9.07. The van der Waals surface area contributed by atoms with Crippen molar-refractivity contribution in [2.75, 3.05) is 0 Å². The topological polar surface area (TPSA) is 17.1 Å². The highest BCUT2D eigenvalue weighted by atomic mass is 16.1. The van der Waals surface area contributed by atoms with Gasteiger partial charge in [0.15, 0.2) is 5.78 Å². The third-order valence-corrected chi connectivity index (χ3v) is 3.02. The van der Waals surface area contributed by atoms with Gasteiger partial charge in [0.2, 0.25) is 0 Å². The van der Waals surface area contributed by atoms with Crippen LogP contribution in [-0.4, -0.2) is 5.78 Å². The van der Waals surface area contributed by atoms with Gasteiger partial charge in [0.1, 0.15) is 0 Å². The number of carbonyl (C=O) groups is 1. The number of carbonyl (C=O) groups excluding carboxylic acids is 1. The maximum absolute atomic E-state index is 11.7. The van der Waals surface area contributed by atoms with Crippen molar-refractivity contribution in [2.24, 2.45) is 5.92 Å². The standard InChI is InChI=1S/C14H16O/c1-11-6-5-9-14(15)13(11)10-12-7-3-2-4-8-12/h2-4,7-8,10-11H,5-6,9H2,1H3/b13-10+. The molecule has 1 heteroatoms. The monoisotopic (exact) mass is 200 g/mol. The van der Waals surface area contributed by atoms with Crippen LogP contribution in [0.25, 0.3) is 6.08 Å². The summed E-state index contributed by atoms with van der Waals surface area (Å²) >= 11 is 0. The van der Waals surface area contributed by atoms with Gasteiger partial charge in [0.25, 0.3) is 0 Å². The highest BCUT2D eigenvalue weighted by Gasteiger charge is 2.21. The van der Waals surface area contributed by atoms with Crippen molar-refractivity contribution in [1.82, 2.24) is 0 Å². The van der Waals surface area contributed by atoms with Gasteiger partial charge in [-0.3, -0.25) is 4.79 Å². The van der Waals surface area contributed by atoms with Crippen molar-refractivity contribution in [1.29, 1.82) is 0 Å². The van der Waals surface area contributed by atoms with Crippen LogP contribution >= 0.6 is 0 Å². The molecular formula is C14H16O. The summed E-state index contributed by atoms with van der Waals surface area (Å²) in [7, 11) is 0. The van der Waals surface area contributed by atoms with Crippen molar-refractivity contribution in [3.63, 3.8) is 0 Å². The number of Topliss-reactive ketones (excluding diaryl/α,β-unsaturated/α-hetero) is 1. The lowest BCUT2D eigenvalue weighted by atomic mass is 9.83. The lowest BCUT2D eigenvalue weighted by Gasteiger charge is -2.20. The molecule has 15 heavy (non-hydrogen) atoms. The predicted octanol–water partition coefficient (Wildman–Crippen LogP) is 3.46. The van der Waals surface area contributed by atoms with Gasteiger partial charge in [-0.2, -0.15) is 0 Å². The van der Waals surface area contributed by atoms with Crippen LogP contribution in [0, 0.1) is 5.92 Å². The van der Waals surface area contributed by atoms with E-state index in [1.54, 1.807) is 0 Å². The second-order valence-corrected chi connectivity index (χ2v) is 4.23. The Morgan fingerprint density at radius 3 is 2.67 bits per heavy atom. The van der Waals surface area contributed by atoms with Gasteiger partial charge >= 0.3 is 0 Å². The summed E-state index contributed by atoms with van der Waals surface area (Å²) in [5.41, 5.74) is 2.14. The second kappa shape index (κ2) is 4.43. The molecule has 1 saturated carbocycles. The van der Waals surface area contributed by atoms with Crippen molar-refractivity contribution < 1.29 is 4.79 Å². The normalized spacial score (nSPS) is 24.5. The molecule has 0 spiro atoms. The third-order valence-electron chi connectivity index (χ3n) is 3.02. The average molecular weight is 200 g/mol. The van der Waals surface area contributed by atoms with E-state index < -0.39 is 0 Å². The van der Waals surface area contributed by atoms with Gasteiger partial charge in [-0.1, -0.05) is 37.3 Å². The summed E-state index contributed by atoms with van der Waals surface area (Å²) in [6.45, 7) is 2.14. The largest absolute Gasteiger partial charge is 0.295 e. The summed E-state index contributed by atoms with van der Waals surface area (Å²) < 4.78 is 0. The fraction of sp³-hybridized carbons (Fsp3) is 0.357. The van der Waals surface area contributed by atoms with Gasteiger partial charge in [0.05, 0.1) is 0 Å². The van der Waals surface area contributed by atoms with E-state index in [2.05, 4.69) is 6.92 Å². The molecule has 2 rings (SSSR count). The Bertz CT molecular complexity index is 376. The SMILES string of the molecule is CC1CCCC(=O)/C1=C/c1ccccc1. The number of allylic oxidation sites excluding steroid dienone is 1. The van der Waals surface area contributed by atoms with Crippen LogP contribution in [0.15, 0.2) is 35.9 Å². The number of rotatable bonds is 1. The Labute approximate surface area is 90.8 Å². The fourth-order valence-electron chi connectivity index (χ4n) is 2.10. The number of hydrogen-bond acceptors (Lipinski definition) is 1. The summed E-state index contributed by atoms with van der Waals surface area (Å²) in [6, 6.07) is 10.1. The van der Waals surface area contributed by atoms with E-state index >= 15 is 0 Å². The van der Waals surface area contributed by atoms with Crippen LogP contribution < -0.4 is 0 Å². The lowest BCUT2D eigenvalue weighted by Crippen LogP contribution is -2.16. The van der Waals surface area contributed by atoms with Crippen LogP contribution in [0.3, 0.4) is 0 Å². The molecule has 1 aliphatic carbocycles. The molecule has 0 heterocycles. The molecule has 0 amide bonds. The van der Waals surface area contributed by atoms with Crippen LogP contribution in [0.4, 0.5) is 0 Å². The zero-order valence-corrected chi connectivity index (χ0v) is 9.07. The van der Waals surface area contributed by atoms with E-state index in [0.717, 1.165) is 30.4 Å². The maximum atomic E-state index is 11.7. The smallest absolute Gasteiger partial charge is 0.159 e. The van der Waals surface area contributed by atoms with E-state index in [4.69, 9.17) is 0 Å². The highest BCUT2D eigenvalue weighted by Crippen LogP contribution is 2.27. The first-order valence-corrected chi connectivity index (χ1v) is 5.57. The van der Waals surface area contributed by atoms with Crippen molar-refractivity contribution in [3.8, 4) is 0 Å². The molecule has 1 aromatic carbocycles. The zero-order chi connectivity index (χ0) is 10.7. The van der Waals surface area contributed by atoms with E-state index in [0.29, 0.717) is 11.7 Å². The van der Waals surface area contributed by atoms with E-state index in [1.165, 1.54) is 0 Å². The van der Waals surface area contributed by atoms with E-state index in [9.17, 15) is 4.79 Å². The number of ketones is 1. The molecule has 1 fully saturated rings. The second-order valence-electron chi connectivity index (χ2n) is 4.23. The molecule has 0 N–H and O–H groups in total. The molecule has 0 bridgehead atoms. The Morgan fingerprint density at radius 2 is 2.00 bits per heavy atom. The first-order valence-electron chi connectivity index (χ1n) is 5.57. The summed E-state index contributed by atoms with van der Waals surface area (Å²) in [6.07, 6.45) is 4.96. The van der Waals surface area contributed by atoms with Crippen LogP contribution in [0.5, 0.6) is 0 Å². The number of hydrogen-bond donors (Lipinski definition) is 0. The maximum Gasteiger partial charge on any atom is 0.159 e. The first kappa shape index (κ1) is 10.2. The Morgan fingerprint density at radius 1 is 1.27 bits per heavy atom. The quantitative estimate of drug-likeness (QED) is 0.634. The van der Waals surface area contributed by atoms with E-state index in [-0.39, 0.29) is 0 Å². The minimum atomic E-state index is 0.331. The fourth-order valence-corrected chi connectivity index (χ4v) is 2.10. The summed E-state index contributed by atoms with van der Waals surface area (Å²) in [5, 5.41) is 0. The van der Waals surface area contributed by atoms with Crippen molar-refractivity contribution >= 4 is 11.9 Å².